The number of nitrogens with one attached hydrogen (secondary N) is 1. The van der Waals surface area contributed by atoms with Gasteiger partial charge in [0.25, 0.3) is 0 Å². The smallest absolute Gasteiger partial charge is 0.0230 e. The molecule has 0 aromatic heterocycles. The van der Waals surface area contributed by atoms with Crippen molar-refractivity contribution < 1.29 is 0 Å². The van der Waals surface area contributed by atoms with Crippen LogP contribution in [0.2, 0.25) is 0 Å². The third-order valence-electron chi connectivity index (χ3n) is 2.89. The largest absolute Gasteiger partial charge is 0.319 e. The molecular weight excluding hydrogens is 170 g/mol. The zero-order chi connectivity index (χ0) is 10.7. The van der Waals surface area contributed by atoms with Crippen molar-refractivity contribution in [3.05, 3.63) is 0 Å². The lowest BCUT2D eigenvalue weighted by Gasteiger charge is -2.40. The van der Waals surface area contributed by atoms with E-state index in [1.807, 2.05) is 7.05 Å². The predicted molar refractivity (Wildman–Crippen MR) is 62.1 cm³/mol. The van der Waals surface area contributed by atoms with Gasteiger partial charge in [0.05, 0.1) is 0 Å². The van der Waals surface area contributed by atoms with E-state index in [9.17, 15) is 0 Å². The average Bonchev–Trinajstić information content (AvgIpc) is 1.97. The molecule has 1 nitrogen and oxygen atoms in total. The Bertz CT molecular complexity index is 232. The van der Waals surface area contributed by atoms with Crippen molar-refractivity contribution in [2.45, 2.75) is 46.5 Å². The average molecular weight is 193 g/mol. The molecule has 1 aliphatic rings. The maximum Gasteiger partial charge on any atom is 0.0230 e. The van der Waals surface area contributed by atoms with E-state index in [4.69, 9.17) is 0 Å². The first kappa shape index (κ1) is 11.6. The van der Waals surface area contributed by atoms with E-state index in [0.29, 0.717) is 5.41 Å². The Morgan fingerprint density at radius 1 is 1.29 bits per heavy atom. The van der Waals surface area contributed by atoms with Gasteiger partial charge in [0.2, 0.25) is 0 Å². The van der Waals surface area contributed by atoms with Gasteiger partial charge in [-0.2, -0.15) is 0 Å². The quantitative estimate of drug-likeness (QED) is 0.680. The van der Waals surface area contributed by atoms with Crippen LogP contribution in [0.3, 0.4) is 0 Å². The first-order valence-electron chi connectivity index (χ1n) is 5.62. The fourth-order valence-electron chi connectivity index (χ4n) is 1.96. The molecule has 0 bridgehead atoms. The minimum Gasteiger partial charge on any atom is -0.319 e. The van der Waals surface area contributed by atoms with Crippen LogP contribution in [0, 0.1) is 22.7 Å². The van der Waals surface area contributed by atoms with E-state index in [1.54, 1.807) is 0 Å². The van der Waals surface area contributed by atoms with Crippen molar-refractivity contribution in [1.82, 2.24) is 5.32 Å². The highest BCUT2D eigenvalue weighted by molar-refractivity contribution is 5.11. The van der Waals surface area contributed by atoms with Gasteiger partial charge in [-0.15, -0.1) is 5.92 Å². The summed E-state index contributed by atoms with van der Waals surface area (Å²) < 4.78 is 0. The Kier molecular flexibility index (Phi) is 3.61. The number of hydrogen-bond acceptors (Lipinski definition) is 1. The molecule has 1 N–H and O–H groups in total. The maximum absolute atomic E-state index is 3.36. The Balaban J connectivity index is 2.44. The number of hydrogen-bond donors (Lipinski definition) is 1. The topological polar surface area (TPSA) is 12.0 Å². The molecule has 0 unspecified atom stereocenters. The maximum atomic E-state index is 3.36. The lowest BCUT2D eigenvalue weighted by Crippen LogP contribution is -2.38. The molecule has 0 atom stereocenters. The molecule has 1 rings (SSSR count). The van der Waals surface area contributed by atoms with E-state index >= 15 is 0 Å². The Morgan fingerprint density at radius 2 is 1.93 bits per heavy atom. The minimum absolute atomic E-state index is 0.157. The van der Waals surface area contributed by atoms with Gasteiger partial charge in [-0.3, -0.25) is 0 Å². The molecule has 0 spiro atoms. The highest BCUT2D eigenvalue weighted by Gasteiger charge is 2.35. The Labute approximate surface area is 88.7 Å². The zero-order valence-electron chi connectivity index (χ0n) is 10.0. The predicted octanol–water partition coefficient (Wildman–Crippen LogP) is 2.82. The van der Waals surface area contributed by atoms with E-state index in [-0.39, 0.29) is 5.41 Å². The van der Waals surface area contributed by atoms with Gasteiger partial charge in [-0.05, 0) is 46.1 Å². The molecule has 1 heteroatoms. The molecule has 0 radical (unpaired) electrons. The molecule has 0 aliphatic heterocycles. The van der Waals surface area contributed by atoms with Crippen LogP contribution >= 0.6 is 0 Å². The third-order valence-corrected chi connectivity index (χ3v) is 2.89. The Hall–Kier alpha value is -0.480. The summed E-state index contributed by atoms with van der Waals surface area (Å²) in [5, 5.41) is 3.29. The van der Waals surface area contributed by atoms with Crippen LogP contribution in [0.4, 0.5) is 0 Å². The highest BCUT2D eigenvalue weighted by atomic mass is 14.8. The van der Waals surface area contributed by atoms with Crippen molar-refractivity contribution in [3.63, 3.8) is 0 Å². The van der Waals surface area contributed by atoms with Gasteiger partial charge in [-0.25, -0.2) is 0 Å². The van der Waals surface area contributed by atoms with Crippen LogP contribution in [0.15, 0.2) is 0 Å². The monoisotopic (exact) mass is 193 g/mol. The summed E-state index contributed by atoms with van der Waals surface area (Å²) in [4.78, 5) is 0. The minimum atomic E-state index is 0.157. The summed E-state index contributed by atoms with van der Waals surface area (Å²) in [5.74, 6) is 6.69. The highest BCUT2D eigenvalue weighted by Crippen LogP contribution is 2.43. The summed E-state index contributed by atoms with van der Waals surface area (Å²) in [6, 6.07) is 0. The van der Waals surface area contributed by atoms with Gasteiger partial charge in [0.15, 0.2) is 0 Å². The molecule has 0 aromatic rings. The van der Waals surface area contributed by atoms with Crippen molar-refractivity contribution in [2.75, 3.05) is 13.6 Å². The van der Waals surface area contributed by atoms with Crippen molar-refractivity contribution >= 4 is 0 Å². The molecule has 1 saturated carbocycles. The van der Waals surface area contributed by atoms with Gasteiger partial charge >= 0.3 is 0 Å². The third kappa shape index (κ3) is 3.35. The van der Waals surface area contributed by atoms with Crippen LogP contribution in [-0.2, 0) is 0 Å². The summed E-state index contributed by atoms with van der Waals surface area (Å²) >= 11 is 0. The van der Waals surface area contributed by atoms with Crippen molar-refractivity contribution in [3.8, 4) is 11.8 Å². The molecule has 1 fully saturated rings. The van der Waals surface area contributed by atoms with Gasteiger partial charge < -0.3 is 5.32 Å². The van der Waals surface area contributed by atoms with E-state index in [2.05, 4.69) is 37.9 Å². The van der Waals surface area contributed by atoms with Crippen LogP contribution < -0.4 is 5.32 Å². The lowest BCUT2D eigenvalue weighted by atomic mass is 9.66. The molecule has 0 aromatic carbocycles. The Morgan fingerprint density at radius 3 is 2.29 bits per heavy atom. The van der Waals surface area contributed by atoms with Crippen molar-refractivity contribution in [2.24, 2.45) is 10.8 Å². The second-order valence-corrected chi connectivity index (χ2v) is 5.61. The van der Waals surface area contributed by atoms with Gasteiger partial charge in [0, 0.05) is 18.4 Å². The number of rotatable bonds is 3. The summed E-state index contributed by atoms with van der Waals surface area (Å²) in [6.45, 7) is 7.65. The summed E-state index contributed by atoms with van der Waals surface area (Å²) in [7, 11) is 2.04. The van der Waals surface area contributed by atoms with Crippen molar-refractivity contribution in [1.29, 1.82) is 0 Å². The zero-order valence-corrected chi connectivity index (χ0v) is 10.0. The first-order valence-corrected chi connectivity index (χ1v) is 5.62. The molecule has 0 saturated heterocycles. The fraction of sp³-hybridized carbons (Fsp3) is 0.846. The first-order chi connectivity index (χ1) is 6.47. The normalized spacial score (nSPS) is 19.4. The second-order valence-electron chi connectivity index (χ2n) is 5.61. The molecular formula is C13H23N. The van der Waals surface area contributed by atoms with Crippen LogP contribution in [0.25, 0.3) is 0 Å². The molecule has 14 heavy (non-hydrogen) atoms. The molecule has 80 valence electrons. The van der Waals surface area contributed by atoms with Gasteiger partial charge in [0.1, 0.15) is 0 Å². The standard InChI is InChI=1S/C13H23N/c1-12(2,3)7-5-8-13(11-14-4)9-6-10-13/h14H,6,8-11H2,1-4H3. The van der Waals surface area contributed by atoms with E-state index < -0.39 is 0 Å². The summed E-state index contributed by atoms with van der Waals surface area (Å²) in [6.07, 6.45) is 5.17. The van der Waals surface area contributed by atoms with Crippen LogP contribution in [-0.4, -0.2) is 13.6 Å². The second kappa shape index (κ2) is 4.36. The van der Waals surface area contributed by atoms with Gasteiger partial charge in [-0.1, -0.05) is 12.3 Å². The fourth-order valence-corrected chi connectivity index (χ4v) is 1.96. The summed E-state index contributed by atoms with van der Waals surface area (Å²) in [5.41, 5.74) is 0.664. The van der Waals surface area contributed by atoms with Crippen LogP contribution in [0.5, 0.6) is 0 Å². The lowest BCUT2D eigenvalue weighted by molar-refractivity contribution is 0.140. The molecule has 0 amide bonds. The molecule has 0 heterocycles. The van der Waals surface area contributed by atoms with Crippen LogP contribution in [0.1, 0.15) is 46.5 Å². The van der Waals surface area contributed by atoms with E-state index in [1.165, 1.54) is 19.3 Å². The van der Waals surface area contributed by atoms with E-state index in [0.717, 1.165) is 13.0 Å². The molecule has 1 aliphatic carbocycles. The SMILES string of the molecule is CNCC1(CC#CC(C)(C)C)CCC1.